The van der Waals surface area contributed by atoms with Crippen LogP contribution in [0.3, 0.4) is 0 Å². The van der Waals surface area contributed by atoms with Crippen LogP contribution in [0.4, 0.5) is 0 Å². The molecule has 0 N–H and O–H groups in total. The summed E-state index contributed by atoms with van der Waals surface area (Å²) in [6.07, 6.45) is 7.18. The van der Waals surface area contributed by atoms with Crippen molar-refractivity contribution < 1.29 is 4.42 Å². The average Bonchev–Trinajstić information content (AvgIpc) is 2.90. The summed E-state index contributed by atoms with van der Waals surface area (Å²) >= 11 is 0. The molecule has 0 bridgehead atoms. The first-order valence-corrected chi connectivity index (χ1v) is 7.58. The van der Waals surface area contributed by atoms with Gasteiger partial charge >= 0.3 is 0 Å². The Hall–Kier alpha value is -1.76. The standard InChI is InChI=1S/C20H26O/c1-19(2,3)12-11-16-8-6-9-17(14-16)15-20(4,5)18-10-7-13-21-18/h6-14H,15H2,1-5H3/b12-11+. The SMILES string of the molecule is CC(C)(C)/C=C/c1cccc(CC(C)(C)c2ccco2)c1. The topological polar surface area (TPSA) is 13.1 Å². The maximum atomic E-state index is 5.58. The van der Waals surface area contributed by atoms with Crippen molar-refractivity contribution in [2.24, 2.45) is 5.41 Å². The second-order valence-corrected chi connectivity index (χ2v) is 7.48. The predicted molar refractivity (Wildman–Crippen MR) is 90.4 cm³/mol. The summed E-state index contributed by atoms with van der Waals surface area (Å²) in [5, 5.41) is 0. The van der Waals surface area contributed by atoms with Crippen molar-refractivity contribution in [3.63, 3.8) is 0 Å². The largest absolute Gasteiger partial charge is 0.469 e. The van der Waals surface area contributed by atoms with E-state index >= 15 is 0 Å². The Kier molecular flexibility index (Phi) is 4.41. The molecule has 0 amide bonds. The fraction of sp³-hybridized carbons (Fsp3) is 0.400. The van der Waals surface area contributed by atoms with Crippen LogP contribution in [-0.4, -0.2) is 0 Å². The molecule has 21 heavy (non-hydrogen) atoms. The Bertz CT molecular complexity index is 595. The second kappa shape index (κ2) is 5.93. The van der Waals surface area contributed by atoms with Crippen molar-refractivity contribution in [3.8, 4) is 0 Å². The molecule has 0 aliphatic rings. The number of benzene rings is 1. The van der Waals surface area contributed by atoms with E-state index in [1.807, 2.05) is 6.07 Å². The highest BCUT2D eigenvalue weighted by Crippen LogP contribution is 2.28. The molecule has 2 rings (SSSR count). The molecule has 0 saturated heterocycles. The van der Waals surface area contributed by atoms with Crippen molar-refractivity contribution in [1.82, 2.24) is 0 Å². The van der Waals surface area contributed by atoms with Gasteiger partial charge in [-0.25, -0.2) is 0 Å². The molecule has 1 heteroatoms. The van der Waals surface area contributed by atoms with Crippen molar-refractivity contribution in [2.45, 2.75) is 46.5 Å². The normalized spacial score (nSPS) is 13.0. The number of hydrogen-bond donors (Lipinski definition) is 0. The third kappa shape index (κ3) is 4.63. The minimum atomic E-state index is 0.00979. The highest BCUT2D eigenvalue weighted by Gasteiger charge is 2.23. The highest BCUT2D eigenvalue weighted by molar-refractivity contribution is 5.51. The third-order valence-electron chi connectivity index (χ3n) is 3.56. The smallest absolute Gasteiger partial charge is 0.109 e. The van der Waals surface area contributed by atoms with Crippen LogP contribution in [-0.2, 0) is 11.8 Å². The first kappa shape index (κ1) is 15.6. The summed E-state index contributed by atoms with van der Waals surface area (Å²) in [4.78, 5) is 0. The maximum absolute atomic E-state index is 5.58. The Balaban J connectivity index is 2.17. The molecule has 0 fully saturated rings. The predicted octanol–water partition coefficient (Wildman–Crippen LogP) is 5.86. The molecule has 0 unspecified atom stereocenters. The van der Waals surface area contributed by atoms with Gasteiger partial charge in [-0.15, -0.1) is 0 Å². The number of hydrogen-bond acceptors (Lipinski definition) is 1. The van der Waals surface area contributed by atoms with Gasteiger partial charge in [0.1, 0.15) is 5.76 Å². The molecule has 0 spiro atoms. The quantitative estimate of drug-likeness (QED) is 0.684. The monoisotopic (exact) mass is 282 g/mol. The van der Waals surface area contributed by atoms with Gasteiger partial charge in [-0.3, -0.25) is 0 Å². The molecule has 0 saturated carbocycles. The van der Waals surface area contributed by atoms with Crippen LogP contribution in [0.25, 0.3) is 6.08 Å². The highest BCUT2D eigenvalue weighted by atomic mass is 16.3. The van der Waals surface area contributed by atoms with Gasteiger partial charge < -0.3 is 4.42 Å². The zero-order valence-corrected chi connectivity index (χ0v) is 13.8. The summed E-state index contributed by atoms with van der Waals surface area (Å²) in [5.74, 6) is 1.04. The summed E-state index contributed by atoms with van der Waals surface area (Å²) in [7, 11) is 0. The first-order valence-electron chi connectivity index (χ1n) is 7.58. The van der Waals surface area contributed by atoms with Crippen molar-refractivity contribution >= 4 is 6.08 Å². The summed E-state index contributed by atoms with van der Waals surface area (Å²) < 4.78 is 5.58. The van der Waals surface area contributed by atoms with Crippen LogP contribution < -0.4 is 0 Å². The van der Waals surface area contributed by atoms with Gasteiger partial charge in [0.2, 0.25) is 0 Å². The molecule has 1 aromatic heterocycles. The van der Waals surface area contributed by atoms with Crippen LogP contribution in [0, 0.1) is 5.41 Å². The summed E-state index contributed by atoms with van der Waals surface area (Å²) in [5.41, 5.74) is 2.82. The second-order valence-electron chi connectivity index (χ2n) is 7.48. The first-order chi connectivity index (χ1) is 9.76. The molecule has 112 valence electrons. The average molecular weight is 282 g/mol. The van der Waals surface area contributed by atoms with Gasteiger partial charge in [-0.2, -0.15) is 0 Å². The molecule has 1 heterocycles. The molecule has 0 radical (unpaired) electrons. The number of furan rings is 1. The molecule has 0 atom stereocenters. The molecule has 1 nitrogen and oxygen atoms in total. The van der Waals surface area contributed by atoms with Crippen LogP contribution >= 0.6 is 0 Å². The number of allylic oxidation sites excluding steroid dienone is 1. The minimum absolute atomic E-state index is 0.00979. The lowest BCUT2D eigenvalue weighted by atomic mass is 9.83. The van der Waals surface area contributed by atoms with E-state index in [1.54, 1.807) is 6.26 Å². The molecule has 1 aromatic carbocycles. The van der Waals surface area contributed by atoms with E-state index in [9.17, 15) is 0 Å². The number of rotatable bonds is 4. The Morgan fingerprint density at radius 3 is 2.38 bits per heavy atom. The van der Waals surface area contributed by atoms with Gasteiger partial charge in [0.15, 0.2) is 0 Å². The summed E-state index contributed by atoms with van der Waals surface area (Å²) in [6.45, 7) is 11.1. The van der Waals surface area contributed by atoms with Gasteiger partial charge in [-0.1, -0.05) is 71.0 Å². The fourth-order valence-electron chi connectivity index (χ4n) is 2.41. The maximum Gasteiger partial charge on any atom is 0.109 e. The zero-order valence-electron chi connectivity index (χ0n) is 13.8. The Labute approximate surface area is 128 Å². The molecule has 2 aromatic rings. The van der Waals surface area contributed by atoms with E-state index in [-0.39, 0.29) is 10.8 Å². The van der Waals surface area contributed by atoms with Crippen LogP contribution in [0.5, 0.6) is 0 Å². The Morgan fingerprint density at radius 1 is 1.00 bits per heavy atom. The van der Waals surface area contributed by atoms with Gasteiger partial charge in [0.05, 0.1) is 6.26 Å². The van der Waals surface area contributed by atoms with Crippen molar-refractivity contribution in [1.29, 1.82) is 0 Å². The van der Waals surface area contributed by atoms with E-state index in [0.717, 1.165) is 12.2 Å². The zero-order chi connectivity index (χ0) is 15.5. The molecular weight excluding hydrogens is 256 g/mol. The Morgan fingerprint density at radius 2 is 1.76 bits per heavy atom. The van der Waals surface area contributed by atoms with Crippen LogP contribution in [0.15, 0.2) is 53.2 Å². The van der Waals surface area contributed by atoms with Gasteiger partial charge in [0, 0.05) is 5.41 Å². The lowest BCUT2D eigenvalue weighted by Gasteiger charge is -2.22. The lowest BCUT2D eigenvalue weighted by Crippen LogP contribution is -2.19. The van der Waals surface area contributed by atoms with Crippen molar-refractivity contribution in [2.75, 3.05) is 0 Å². The minimum Gasteiger partial charge on any atom is -0.469 e. The van der Waals surface area contributed by atoms with Gasteiger partial charge in [0.25, 0.3) is 0 Å². The molecule has 0 aliphatic carbocycles. The fourth-order valence-corrected chi connectivity index (χ4v) is 2.41. The van der Waals surface area contributed by atoms with E-state index in [2.05, 4.69) is 77.1 Å². The third-order valence-corrected chi connectivity index (χ3v) is 3.56. The van der Waals surface area contributed by atoms with E-state index in [1.165, 1.54) is 11.1 Å². The molecule has 0 aliphatic heterocycles. The lowest BCUT2D eigenvalue weighted by molar-refractivity contribution is 0.382. The van der Waals surface area contributed by atoms with E-state index < -0.39 is 0 Å². The van der Waals surface area contributed by atoms with Crippen LogP contribution in [0.2, 0.25) is 0 Å². The van der Waals surface area contributed by atoms with E-state index in [4.69, 9.17) is 4.42 Å². The van der Waals surface area contributed by atoms with Crippen molar-refractivity contribution in [3.05, 3.63) is 65.6 Å². The van der Waals surface area contributed by atoms with E-state index in [0.29, 0.717) is 0 Å². The summed E-state index contributed by atoms with van der Waals surface area (Å²) in [6, 6.07) is 12.8. The van der Waals surface area contributed by atoms with Gasteiger partial charge in [-0.05, 0) is 35.1 Å². The molecular formula is C20H26O. The van der Waals surface area contributed by atoms with Crippen LogP contribution in [0.1, 0.15) is 51.5 Å².